The predicted octanol–water partition coefficient (Wildman–Crippen LogP) is 1.90. The van der Waals surface area contributed by atoms with Crippen LogP contribution < -0.4 is 5.32 Å². The van der Waals surface area contributed by atoms with E-state index in [1.54, 1.807) is 0 Å². The number of nitrogens with zero attached hydrogens (tertiary/aromatic N) is 1. The first-order chi connectivity index (χ1) is 9.16. The monoisotopic (exact) mass is 326 g/mol. The number of rotatable bonds is 4. The molecule has 104 valence electrons. The molecule has 1 saturated heterocycles. The van der Waals surface area contributed by atoms with E-state index in [0.717, 1.165) is 30.8 Å². The average molecular weight is 327 g/mol. The van der Waals surface area contributed by atoms with Crippen molar-refractivity contribution in [3.8, 4) is 0 Å². The second kappa shape index (κ2) is 7.03. The molecule has 0 aromatic heterocycles. The number of ether oxygens (including phenoxy) is 1. The highest BCUT2D eigenvalue weighted by molar-refractivity contribution is 9.10. The van der Waals surface area contributed by atoms with Crippen LogP contribution in [-0.2, 0) is 4.74 Å². The Bertz CT molecular complexity index is 433. The number of benzene rings is 1. The lowest BCUT2D eigenvalue weighted by molar-refractivity contribution is 0.0204. The molecule has 19 heavy (non-hydrogen) atoms. The van der Waals surface area contributed by atoms with Crippen molar-refractivity contribution in [2.45, 2.75) is 13.0 Å². The van der Waals surface area contributed by atoms with Crippen molar-refractivity contribution >= 4 is 21.8 Å². The maximum atomic E-state index is 12.0. The Kier molecular flexibility index (Phi) is 5.36. The van der Waals surface area contributed by atoms with Crippen LogP contribution >= 0.6 is 15.9 Å². The summed E-state index contributed by atoms with van der Waals surface area (Å²) < 4.78 is 6.24. The van der Waals surface area contributed by atoms with Crippen molar-refractivity contribution in [3.05, 3.63) is 34.3 Å². The van der Waals surface area contributed by atoms with E-state index in [1.165, 1.54) is 0 Å². The van der Waals surface area contributed by atoms with E-state index in [4.69, 9.17) is 4.74 Å². The summed E-state index contributed by atoms with van der Waals surface area (Å²) in [6, 6.07) is 7.76. The third kappa shape index (κ3) is 4.30. The molecule has 1 fully saturated rings. The lowest BCUT2D eigenvalue weighted by Gasteiger charge is -2.32. The Labute approximate surface area is 122 Å². The minimum absolute atomic E-state index is 0.0265. The van der Waals surface area contributed by atoms with Gasteiger partial charge in [-0.1, -0.05) is 22.0 Å². The van der Waals surface area contributed by atoms with Crippen molar-refractivity contribution in [2.24, 2.45) is 0 Å². The number of carbonyl (C=O) groups is 1. The van der Waals surface area contributed by atoms with Gasteiger partial charge in [-0.25, -0.2) is 0 Å². The predicted molar refractivity (Wildman–Crippen MR) is 78.3 cm³/mol. The zero-order chi connectivity index (χ0) is 13.7. The van der Waals surface area contributed by atoms with Crippen molar-refractivity contribution in [1.82, 2.24) is 10.2 Å². The van der Waals surface area contributed by atoms with Gasteiger partial charge in [-0.3, -0.25) is 9.69 Å². The highest BCUT2D eigenvalue weighted by Crippen LogP contribution is 2.11. The van der Waals surface area contributed by atoms with Crippen molar-refractivity contribution in [3.63, 3.8) is 0 Å². The molecule has 1 unspecified atom stereocenters. The van der Waals surface area contributed by atoms with E-state index in [1.807, 2.05) is 24.3 Å². The van der Waals surface area contributed by atoms with Crippen LogP contribution in [0.2, 0.25) is 0 Å². The average Bonchev–Trinajstić information content (AvgIpc) is 2.45. The van der Waals surface area contributed by atoms with Gasteiger partial charge >= 0.3 is 0 Å². The van der Waals surface area contributed by atoms with Crippen LogP contribution in [0.25, 0.3) is 0 Å². The molecule has 1 aromatic rings. The third-order valence-corrected chi connectivity index (χ3v) is 3.81. The van der Waals surface area contributed by atoms with Gasteiger partial charge in [-0.2, -0.15) is 0 Å². The second-order valence-corrected chi connectivity index (χ2v) is 5.63. The van der Waals surface area contributed by atoms with Gasteiger partial charge in [0.1, 0.15) is 0 Å². The van der Waals surface area contributed by atoms with Gasteiger partial charge in [-0.15, -0.1) is 0 Å². The Morgan fingerprint density at radius 3 is 2.89 bits per heavy atom. The topological polar surface area (TPSA) is 41.6 Å². The molecular formula is C14H19BrN2O2. The first-order valence-electron chi connectivity index (χ1n) is 6.52. The molecule has 1 aliphatic rings. The first kappa shape index (κ1) is 14.5. The molecule has 1 atom stereocenters. The van der Waals surface area contributed by atoms with E-state index < -0.39 is 0 Å². The molecule has 0 bridgehead atoms. The Morgan fingerprint density at radius 1 is 1.47 bits per heavy atom. The summed E-state index contributed by atoms with van der Waals surface area (Å²) in [5, 5.41) is 2.98. The van der Waals surface area contributed by atoms with E-state index in [-0.39, 0.29) is 5.91 Å². The zero-order valence-electron chi connectivity index (χ0n) is 11.1. The van der Waals surface area contributed by atoms with Crippen LogP contribution in [0.5, 0.6) is 0 Å². The minimum atomic E-state index is -0.0265. The molecule has 1 heterocycles. The van der Waals surface area contributed by atoms with Gasteiger partial charge in [0.05, 0.1) is 13.2 Å². The van der Waals surface area contributed by atoms with Crippen molar-refractivity contribution in [2.75, 3.05) is 32.8 Å². The number of carbonyl (C=O) groups excluding carboxylic acids is 1. The molecule has 5 heteroatoms. The molecule has 1 N–H and O–H groups in total. The van der Waals surface area contributed by atoms with Gasteiger partial charge in [0, 0.05) is 35.7 Å². The summed E-state index contributed by atoms with van der Waals surface area (Å²) in [5.74, 6) is -0.0265. The lowest BCUT2D eigenvalue weighted by atomic mass is 10.2. The number of halogens is 1. The number of hydrogen-bond donors (Lipinski definition) is 1. The summed E-state index contributed by atoms with van der Waals surface area (Å²) in [4.78, 5) is 14.3. The van der Waals surface area contributed by atoms with E-state index in [2.05, 4.69) is 33.1 Å². The number of nitrogens with one attached hydrogen (secondary N) is 1. The smallest absolute Gasteiger partial charge is 0.251 e. The largest absolute Gasteiger partial charge is 0.379 e. The number of hydrogen-bond acceptors (Lipinski definition) is 3. The molecule has 2 rings (SSSR count). The molecule has 4 nitrogen and oxygen atoms in total. The van der Waals surface area contributed by atoms with Crippen LogP contribution in [0, 0.1) is 0 Å². The highest BCUT2D eigenvalue weighted by atomic mass is 79.9. The third-order valence-electron chi connectivity index (χ3n) is 3.31. The summed E-state index contributed by atoms with van der Waals surface area (Å²) in [5.41, 5.74) is 0.684. The zero-order valence-corrected chi connectivity index (χ0v) is 12.6. The molecule has 0 spiro atoms. The number of amides is 1. The summed E-state index contributed by atoms with van der Waals surface area (Å²) in [6.45, 7) is 6.23. The fraction of sp³-hybridized carbons (Fsp3) is 0.500. The normalized spacial score (nSPS) is 18.0. The molecule has 0 radical (unpaired) electrons. The standard InChI is InChI=1S/C14H19BrN2O2/c1-11(17-5-7-19-8-6-17)10-16-14(18)12-3-2-4-13(15)9-12/h2-4,9,11H,5-8,10H2,1H3,(H,16,18). The number of morpholine rings is 1. The quantitative estimate of drug-likeness (QED) is 0.918. The molecule has 1 aromatic carbocycles. The van der Waals surface area contributed by atoms with Crippen LogP contribution in [0.3, 0.4) is 0 Å². The van der Waals surface area contributed by atoms with Crippen LogP contribution in [0.1, 0.15) is 17.3 Å². The van der Waals surface area contributed by atoms with E-state index >= 15 is 0 Å². The van der Waals surface area contributed by atoms with Crippen LogP contribution in [0.15, 0.2) is 28.7 Å². The van der Waals surface area contributed by atoms with E-state index in [0.29, 0.717) is 18.2 Å². The maximum absolute atomic E-state index is 12.0. The molecular weight excluding hydrogens is 308 g/mol. The Balaban J connectivity index is 1.82. The lowest BCUT2D eigenvalue weighted by Crippen LogP contribution is -2.47. The Morgan fingerprint density at radius 2 is 2.21 bits per heavy atom. The van der Waals surface area contributed by atoms with Crippen LogP contribution in [0.4, 0.5) is 0 Å². The maximum Gasteiger partial charge on any atom is 0.251 e. The summed E-state index contributed by atoms with van der Waals surface area (Å²) in [7, 11) is 0. The molecule has 0 aliphatic carbocycles. The van der Waals surface area contributed by atoms with Crippen molar-refractivity contribution in [1.29, 1.82) is 0 Å². The van der Waals surface area contributed by atoms with Gasteiger partial charge < -0.3 is 10.1 Å². The SMILES string of the molecule is CC(CNC(=O)c1cccc(Br)c1)N1CCOCC1. The van der Waals surface area contributed by atoms with Gasteiger partial charge in [0.2, 0.25) is 0 Å². The highest BCUT2D eigenvalue weighted by Gasteiger charge is 2.17. The summed E-state index contributed by atoms with van der Waals surface area (Å²) in [6.07, 6.45) is 0. The fourth-order valence-corrected chi connectivity index (χ4v) is 2.52. The second-order valence-electron chi connectivity index (χ2n) is 4.72. The summed E-state index contributed by atoms with van der Waals surface area (Å²) >= 11 is 3.37. The Hall–Kier alpha value is -0.910. The molecule has 0 saturated carbocycles. The van der Waals surface area contributed by atoms with E-state index in [9.17, 15) is 4.79 Å². The molecule has 1 amide bonds. The van der Waals surface area contributed by atoms with Gasteiger partial charge in [0.25, 0.3) is 5.91 Å². The minimum Gasteiger partial charge on any atom is -0.379 e. The van der Waals surface area contributed by atoms with Crippen molar-refractivity contribution < 1.29 is 9.53 Å². The fourth-order valence-electron chi connectivity index (χ4n) is 2.12. The first-order valence-corrected chi connectivity index (χ1v) is 7.31. The van der Waals surface area contributed by atoms with Gasteiger partial charge in [-0.05, 0) is 25.1 Å². The molecule has 1 aliphatic heterocycles. The van der Waals surface area contributed by atoms with Crippen LogP contribution in [-0.4, -0.2) is 49.7 Å². The van der Waals surface area contributed by atoms with Gasteiger partial charge in [0.15, 0.2) is 0 Å².